The molecule has 1 unspecified atom stereocenters. The quantitative estimate of drug-likeness (QED) is 0.590. The summed E-state index contributed by atoms with van der Waals surface area (Å²) in [5, 5.41) is 25.9. The zero-order valence-corrected chi connectivity index (χ0v) is 10.5. The van der Waals surface area contributed by atoms with Crippen molar-refractivity contribution in [3.63, 3.8) is 0 Å². The van der Waals surface area contributed by atoms with Crippen molar-refractivity contribution in [1.29, 1.82) is 0 Å². The van der Waals surface area contributed by atoms with Gasteiger partial charge in [-0.1, -0.05) is 0 Å². The van der Waals surface area contributed by atoms with Crippen molar-refractivity contribution < 1.29 is 14.8 Å². The summed E-state index contributed by atoms with van der Waals surface area (Å²) < 4.78 is 0. The van der Waals surface area contributed by atoms with E-state index in [4.69, 9.17) is 0 Å². The van der Waals surface area contributed by atoms with Gasteiger partial charge >= 0.3 is 5.69 Å². The second kappa shape index (κ2) is 5.58. The molecule has 0 bridgehead atoms. The van der Waals surface area contributed by atoms with E-state index in [1.165, 1.54) is 4.90 Å². The van der Waals surface area contributed by atoms with E-state index in [2.05, 4.69) is 10.2 Å². The molecule has 2 N–H and O–H groups in total. The van der Waals surface area contributed by atoms with Crippen LogP contribution in [-0.4, -0.2) is 49.7 Å². The average Bonchev–Trinajstić information content (AvgIpc) is 2.73. The molecule has 0 saturated carbocycles. The Kier molecular flexibility index (Phi) is 4.38. The predicted molar refractivity (Wildman–Crippen MR) is 63.1 cm³/mol. The van der Waals surface area contributed by atoms with E-state index in [0.29, 0.717) is 0 Å². The molecule has 8 heteroatoms. The van der Waals surface area contributed by atoms with Gasteiger partial charge in [0, 0.05) is 12.6 Å². The van der Waals surface area contributed by atoms with Crippen molar-refractivity contribution in [2.45, 2.75) is 32.9 Å². The highest BCUT2D eigenvalue weighted by Crippen LogP contribution is 2.18. The third kappa shape index (κ3) is 3.04. The fraction of sp³-hybridized carbons (Fsp3) is 0.600. The van der Waals surface area contributed by atoms with Crippen molar-refractivity contribution in [3.8, 4) is 0 Å². The minimum absolute atomic E-state index is 0.104. The maximum absolute atomic E-state index is 12.1. The predicted octanol–water partition coefficient (Wildman–Crippen LogP) is 0.549. The summed E-state index contributed by atoms with van der Waals surface area (Å²) in [6, 6.07) is -0.185. The zero-order valence-electron chi connectivity index (χ0n) is 10.5. The van der Waals surface area contributed by atoms with Gasteiger partial charge in [-0.2, -0.15) is 5.10 Å². The topological polar surface area (TPSA) is 112 Å². The van der Waals surface area contributed by atoms with Crippen LogP contribution in [0.1, 0.15) is 31.3 Å². The first-order chi connectivity index (χ1) is 8.34. The van der Waals surface area contributed by atoms with E-state index < -0.39 is 16.9 Å². The first-order valence-electron chi connectivity index (χ1n) is 5.51. The van der Waals surface area contributed by atoms with Gasteiger partial charge in [0.1, 0.15) is 6.20 Å². The molecule has 1 amide bonds. The Labute approximate surface area is 104 Å². The van der Waals surface area contributed by atoms with E-state index >= 15 is 0 Å². The molecule has 100 valence electrons. The minimum atomic E-state index is -0.710. The first-order valence-corrected chi connectivity index (χ1v) is 5.51. The second-order valence-electron chi connectivity index (χ2n) is 4.29. The normalized spacial score (nSPS) is 12.5. The number of H-pyrrole nitrogens is 1. The van der Waals surface area contributed by atoms with Crippen LogP contribution >= 0.6 is 0 Å². The van der Waals surface area contributed by atoms with Crippen molar-refractivity contribution in [3.05, 3.63) is 22.0 Å². The van der Waals surface area contributed by atoms with Gasteiger partial charge in [0.05, 0.1) is 11.0 Å². The molecule has 0 saturated heterocycles. The zero-order chi connectivity index (χ0) is 13.9. The Morgan fingerprint density at radius 2 is 2.22 bits per heavy atom. The molecule has 1 heterocycles. The summed E-state index contributed by atoms with van der Waals surface area (Å²) in [6.45, 7) is 5.18. The standard InChI is InChI=1S/C10H16N4O4/c1-6(2)13(5-7(3)15)10(16)9-8(14(17)18)4-11-12-9/h4,6-7,15H,5H2,1-3H3,(H,11,12). The number of nitro groups is 1. The fourth-order valence-corrected chi connectivity index (χ4v) is 1.53. The number of aromatic nitrogens is 2. The van der Waals surface area contributed by atoms with E-state index in [0.717, 1.165) is 6.20 Å². The van der Waals surface area contributed by atoms with E-state index in [1.807, 2.05) is 0 Å². The van der Waals surface area contributed by atoms with Gasteiger partial charge in [0.15, 0.2) is 0 Å². The lowest BCUT2D eigenvalue weighted by Crippen LogP contribution is -2.41. The Balaban J connectivity index is 3.02. The minimum Gasteiger partial charge on any atom is -0.392 e. The number of hydrogen-bond acceptors (Lipinski definition) is 5. The first kappa shape index (κ1) is 14.1. The number of rotatable bonds is 5. The molecule has 0 aromatic carbocycles. The summed E-state index contributed by atoms with van der Waals surface area (Å²) in [5.74, 6) is -0.546. The SMILES string of the molecule is CC(O)CN(C(=O)c1[nH]ncc1[N+](=O)[O-])C(C)C. The molecule has 1 atom stereocenters. The maximum Gasteiger partial charge on any atom is 0.319 e. The molecular weight excluding hydrogens is 240 g/mol. The Hall–Kier alpha value is -1.96. The number of carbonyl (C=O) groups is 1. The van der Waals surface area contributed by atoms with Gasteiger partial charge in [0.2, 0.25) is 5.69 Å². The number of nitrogens with zero attached hydrogens (tertiary/aromatic N) is 3. The van der Waals surface area contributed by atoms with Crippen LogP contribution < -0.4 is 0 Å². The number of amides is 1. The lowest BCUT2D eigenvalue weighted by atomic mass is 10.2. The summed E-state index contributed by atoms with van der Waals surface area (Å²) >= 11 is 0. The molecule has 0 aliphatic carbocycles. The largest absolute Gasteiger partial charge is 0.392 e. The second-order valence-corrected chi connectivity index (χ2v) is 4.29. The summed E-state index contributed by atoms with van der Waals surface area (Å²) in [7, 11) is 0. The molecule has 8 nitrogen and oxygen atoms in total. The monoisotopic (exact) mass is 256 g/mol. The summed E-state index contributed by atoms with van der Waals surface area (Å²) in [4.78, 5) is 23.6. The van der Waals surface area contributed by atoms with Crippen LogP contribution in [0.2, 0.25) is 0 Å². The van der Waals surface area contributed by atoms with Crippen LogP contribution in [0.3, 0.4) is 0 Å². The van der Waals surface area contributed by atoms with Crippen molar-refractivity contribution >= 4 is 11.6 Å². The molecule has 0 aliphatic rings. The lowest BCUT2D eigenvalue weighted by molar-refractivity contribution is -0.385. The van der Waals surface area contributed by atoms with Gasteiger partial charge < -0.3 is 10.0 Å². The van der Waals surface area contributed by atoms with Gasteiger partial charge in [-0.15, -0.1) is 0 Å². The summed E-state index contributed by atoms with van der Waals surface area (Å²) in [6.07, 6.45) is 0.284. The Morgan fingerprint density at radius 1 is 1.61 bits per heavy atom. The van der Waals surface area contributed by atoms with Gasteiger partial charge in [0.25, 0.3) is 5.91 Å². The molecule has 1 aromatic rings. The molecule has 0 fully saturated rings. The van der Waals surface area contributed by atoms with Crippen molar-refractivity contribution in [2.75, 3.05) is 6.54 Å². The third-order valence-corrected chi connectivity index (χ3v) is 2.38. The van der Waals surface area contributed by atoms with E-state index in [1.54, 1.807) is 20.8 Å². The molecule has 0 spiro atoms. The van der Waals surface area contributed by atoms with Gasteiger partial charge in [-0.3, -0.25) is 20.0 Å². The number of aromatic amines is 1. The Bertz CT molecular complexity index is 441. The lowest BCUT2D eigenvalue weighted by Gasteiger charge is -2.27. The number of hydrogen-bond donors (Lipinski definition) is 2. The average molecular weight is 256 g/mol. The Morgan fingerprint density at radius 3 is 2.67 bits per heavy atom. The summed E-state index contributed by atoms with van der Waals surface area (Å²) in [5.41, 5.74) is -0.536. The molecule has 0 aliphatic heterocycles. The number of aliphatic hydroxyl groups excluding tert-OH is 1. The molecule has 0 radical (unpaired) electrons. The van der Waals surface area contributed by atoms with Crippen LogP contribution in [0.4, 0.5) is 5.69 Å². The van der Waals surface area contributed by atoms with E-state index in [9.17, 15) is 20.0 Å². The van der Waals surface area contributed by atoms with Gasteiger partial charge in [-0.05, 0) is 20.8 Å². The number of aliphatic hydroxyl groups is 1. The third-order valence-electron chi connectivity index (χ3n) is 2.38. The van der Waals surface area contributed by atoms with Crippen LogP contribution in [0.25, 0.3) is 0 Å². The molecular formula is C10H16N4O4. The van der Waals surface area contributed by atoms with Crippen LogP contribution in [0, 0.1) is 10.1 Å². The highest BCUT2D eigenvalue weighted by molar-refractivity contribution is 5.96. The fourth-order valence-electron chi connectivity index (χ4n) is 1.53. The van der Waals surface area contributed by atoms with Crippen LogP contribution in [0.5, 0.6) is 0 Å². The van der Waals surface area contributed by atoms with Crippen molar-refractivity contribution in [2.24, 2.45) is 0 Å². The van der Waals surface area contributed by atoms with E-state index in [-0.39, 0.29) is 24.0 Å². The number of nitrogens with one attached hydrogen (secondary N) is 1. The van der Waals surface area contributed by atoms with Gasteiger partial charge in [-0.25, -0.2) is 0 Å². The maximum atomic E-state index is 12.1. The van der Waals surface area contributed by atoms with Crippen molar-refractivity contribution in [1.82, 2.24) is 15.1 Å². The highest BCUT2D eigenvalue weighted by atomic mass is 16.6. The highest BCUT2D eigenvalue weighted by Gasteiger charge is 2.29. The number of carbonyl (C=O) groups excluding carboxylic acids is 1. The van der Waals surface area contributed by atoms with Crippen LogP contribution in [-0.2, 0) is 0 Å². The molecule has 1 aromatic heterocycles. The molecule has 1 rings (SSSR count). The smallest absolute Gasteiger partial charge is 0.319 e. The molecule has 18 heavy (non-hydrogen) atoms. The van der Waals surface area contributed by atoms with Crippen LogP contribution in [0.15, 0.2) is 6.20 Å².